The van der Waals surface area contributed by atoms with Crippen LogP contribution >= 0.6 is 11.3 Å². The van der Waals surface area contributed by atoms with Gasteiger partial charge in [0.1, 0.15) is 64.3 Å². The second kappa shape index (κ2) is 16.9. The van der Waals surface area contributed by atoms with Gasteiger partial charge >= 0.3 is 0 Å². The highest BCUT2D eigenvalue weighted by Crippen LogP contribution is 2.31. The second-order valence-electron chi connectivity index (χ2n) is 12.2. The third kappa shape index (κ3) is 7.13. The van der Waals surface area contributed by atoms with Crippen LogP contribution in [0.5, 0.6) is 0 Å². The van der Waals surface area contributed by atoms with Gasteiger partial charge in [-0.15, -0.1) is 21.9 Å². The van der Waals surface area contributed by atoms with Gasteiger partial charge in [-0.05, 0) is 0 Å². The zero-order valence-electron chi connectivity index (χ0n) is 28.9. The second-order valence-corrected chi connectivity index (χ2v) is 13.1. The van der Waals surface area contributed by atoms with Crippen LogP contribution in [-0.4, -0.2) is 6.15 Å². The molecule has 1 aromatic heterocycles. The lowest BCUT2D eigenvalue weighted by Crippen LogP contribution is -2.81. The predicted molar refractivity (Wildman–Crippen MR) is 174 cm³/mol. The van der Waals surface area contributed by atoms with Crippen molar-refractivity contribution in [1.29, 1.82) is 5.26 Å². The Morgan fingerprint density at radius 3 is 0.984 bits per heavy atom. The highest BCUT2D eigenvalue weighted by atomic mass is 32.1. The Hall–Kier alpha value is -6.38. The fourth-order valence-electron chi connectivity index (χ4n) is 6.37. The van der Waals surface area contributed by atoms with Gasteiger partial charge in [-0.3, -0.25) is 0 Å². The number of benzene rings is 5. The molecule has 0 fully saturated rings. The smallest absolute Gasteiger partial charge is 0.207 e. The van der Waals surface area contributed by atoms with E-state index in [1.54, 1.807) is 11.3 Å². The van der Waals surface area contributed by atoms with Crippen molar-refractivity contribution in [1.82, 2.24) is 0 Å². The third-order valence-electron chi connectivity index (χ3n) is 8.98. The van der Waals surface area contributed by atoms with E-state index in [4.69, 9.17) is 5.26 Å². The topological polar surface area (TPSA) is 27.7 Å². The first-order chi connectivity index (χ1) is 28.5. The van der Waals surface area contributed by atoms with E-state index in [1.165, 1.54) is 5.56 Å². The molecule has 2 nitrogen and oxygen atoms in total. The number of hydrogen-bond donors (Lipinski definition) is 0. The Morgan fingerprint density at radius 2 is 0.721 bits per heavy atom. The molecule has 5 aromatic carbocycles. The molecule has 0 saturated carbocycles. The summed E-state index contributed by atoms with van der Waals surface area (Å²) in [5.41, 5.74) is -12.6. The lowest BCUT2D eigenvalue weighted by molar-refractivity contribution is -0.685. The Bertz CT molecular complexity index is 2440. The van der Waals surface area contributed by atoms with Crippen molar-refractivity contribution in [3.8, 4) is 6.07 Å². The molecule has 0 aliphatic rings. The first-order valence-electron chi connectivity index (χ1n) is 15.8. The van der Waals surface area contributed by atoms with Crippen LogP contribution in [0.25, 0.3) is 5.57 Å². The quantitative estimate of drug-likeness (QED) is 0.0395. The van der Waals surface area contributed by atoms with E-state index in [0.717, 1.165) is 11.6 Å². The van der Waals surface area contributed by atoms with E-state index < -0.39 is 144 Å². The maximum absolute atomic E-state index is 15.4. The summed E-state index contributed by atoms with van der Waals surface area (Å²) in [5, 5.41) is 11.7. The van der Waals surface area contributed by atoms with E-state index in [2.05, 4.69) is 24.8 Å². The van der Waals surface area contributed by atoms with Crippen molar-refractivity contribution in [2.75, 3.05) is 0 Å². The molecule has 0 aliphatic heterocycles. The normalized spacial score (nSPS) is 11.4. The standard InChI is InChI=1S/C24BF20.C13H11N2S/c26-5-1(6(27)14(35)21(42)13(5)34)25(2-7(28)15(36)22(43)16(37)8(2)29,3-9(30)17(38)23(44)18(39)10(3)31)4-11(32)19(40)24(45)20(41)12(4)33;1-11(9-14)13-15(7-8-16-13)10-12-5-3-2-4-6-12/h;2-8H,1,10H2/q-1;+1. The molecule has 0 bridgehead atoms. The SMILES string of the molecule is C=C(C#N)c1scc[n+]1Cc1ccccc1.Fc1c(F)c(F)c([B-](c2c(F)c(F)c(F)c(F)c2F)(c2c(F)c(F)c(F)c(F)c2F)c2c(F)c(F)c(F)c(F)c2F)c(F)c1F. The minimum atomic E-state index is -7.22. The summed E-state index contributed by atoms with van der Waals surface area (Å²) in [6, 6.07) is 12.3. The molecule has 6 rings (SSSR count). The van der Waals surface area contributed by atoms with Gasteiger partial charge in [0.05, 0.1) is 5.38 Å². The molecule has 318 valence electrons. The third-order valence-corrected chi connectivity index (χ3v) is 9.94. The van der Waals surface area contributed by atoms with Gasteiger partial charge in [0.25, 0.3) is 5.01 Å². The molecule has 0 atom stereocenters. The van der Waals surface area contributed by atoms with Gasteiger partial charge in [0.2, 0.25) is 0 Å². The van der Waals surface area contributed by atoms with Crippen molar-refractivity contribution in [3.05, 3.63) is 175 Å². The highest BCUT2D eigenvalue weighted by molar-refractivity contribution is 7.20. The zero-order valence-corrected chi connectivity index (χ0v) is 29.7. The summed E-state index contributed by atoms with van der Waals surface area (Å²) >= 11 is 1.54. The Balaban J connectivity index is 0.000000366. The molecule has 0 unspecified atom stereocenters. The van der Waals surface area contributed by atoms with Crippen molar-refractivity contribution < 1.29 is 92.4 Å². The van der Waals surface area contributed by atoms with Gasteiger partial charge in [0.15, 0.2) is 82.5 Å². The predicted octanol–water partition coefficient (Wildman–Crippen LogP) is 8.47. The molecule has 24 heteroatoms. The van der Waals surface area contributed by atoms with Crippen LogP contribution in [-0.2, 0) is 6.54 Å². The molecule has 0 aliphatic carbocycles. The van der Waals surface area contributed by atoms with E-state index in [0.29, 0.717) is 5.57 Å². The summed E-state index contributed by atoms with van der Waals surface area (Å²) < 4.78 is 296. The van der Waals surface area contributed by atoms with Gasteiger partial charge in [-0.2, -0.15) is 9.83 Å². The Morgan fingerprint density at radius 1 is 0.459 bits per heavy atom. The van der Waals surface area contributed by atoms with Crippen LogP contribution in [0, 0.1) is 128 Å². The molecule has 0 radical (unpaired) electrons. The monoisotopic (exact) mass is 906 g/mol. The van der Waals surface area contributed by atoms with Crippen molar-refractivity contribution in [2.45, 2.75) is 6.54 Å². The number of rotatable bonds is 7. The van der Waals surface area contributed by atoms with Crippen LogP contribution in [0.4, 0.5) is 87.8 Å². The van der Waals surface area contributed by atoms with Gasteiger partial charge < -0.3 is 0 Å². The maximum atomic E-state index is 15.4. The average Bonchev–Trinajstić information content (AvgIpc) is 3.71. The average molecular weight is 906 g/mol. The van der Waals surface area contributed by atoms with E-state index in [9.17, 15) is 52.7 Å². The fourth-order valence-corrected chi connectivity index (χ4v) is 7.16. The molecule has 1 heterocycles. The van der Waals surface area contributed by atoms with Crippen molar-refractivity contribution >= 4 is 44.9 Å². The number of hydrogen-bond acceptors (Lipinski definition) is 2. The molecule has 61 heavy (non-hydrogen) atoms. The summed E-state index contributed by atoms with van der Waals surface area (Å²) in [5.74, 6) is -71.4. The molecule has 0 amide bonds. The van der Waals surface area contributed by atoms with Crippen LogP contribution < -0.4 is 26.4 Å². The van der Waals surface area contributed by atoms with Crippen LogP contribution in [0.3, 0.4) is 0 Å². The van der Waals surface area contributed by atoms with Gasteiger partial charge in [-0.1, -0.05) is 48.2 Å². The largest absolute Gasteiger partial charge is 0.279 e. The first kappa shape index (κ1) is 45.7. The number of aromatic nitrogens is 1. The molecule has 0 spiro atoms. The minimum Gasteiger partial charge on any atom is -0.207 e. The molecule has 6 aromatic rings. The van der Waals surface area contributed by atoms with Crippen molar-refractivity contribution in [2.24, 2.45) is 0 Å². The summed E-state index contributed by atoms with van der Waals surface area (Å²) in [4.78, 5) is 0. The molecular weight excluding hydrogens is 895 g/mol. The lowest BCUT2D eigenvalue weighted by Gasteiger charge is -2.44. The minimum absolute atomic E-state index is 0.519. The number of allylic oxidation sites excluding steroid dienone is 1. The summed E-state index contributed by atoms with van der Waals surface area (Å²) in [7, 11) is 0. The molecule has 0 N–H and O–H groups in total. The number of nitrogens with zero attached hydrogens (tertiary/aromatic N) is 2. The zero-order chi connectivity index (χ0) is 45.7. The highest BCUT2D eigenvalue weighted by Gasteiger charge is 2.52. The Kier molecular flexibility index (Phi) is 12.7. The van der Waals surface area contributed by atoms with E-state index in [1.807, 2.05) is 34.3 Å². The van der Waals surface area contributed by atoms with Gasteiger partial charge in [-0.25, -0.2) is 87.8 Å². The fraction of sp³-hybridized carbons (Fsp3) is 0.0270. The summed E-state index contributed by atoms with van der Waals surface area (Å²) in [6.07, 6.45) is -5.24. The molecular formula is C37H11BF20N2S. The summed E-state index contributed by atoms with van der Waals surface area (Å²) in [6.45, 7) is 4.52. The Labute approximate surface area is 330 Å². The first-order valence-corrected chi connectivity index (χ1v) is 16.7. The van der Waals surface area contributed by atoms with Crippen molar-refractivity contribution in [3.63, 3.8) is 0 Å². The number of thiazole rings is 1. The van der Waals surface area contributed by atoms with Gasteiger partial charge in [0, 0.05) is 5.56 Å². The lowest BCUT2D eigenvalue weighted by atomic mass is 9.12. The van der Waals surface area contributed by atoms with E-state index in [-0.39, 0.29) is 0 Å². The number of halogens is 20. The maximum Gasteiger partial charge on any atom is 0.279 e. The van der Waals surface area contributed by atoms with E-state index >= 15 is 35.1 Å². The number of nitriles is 1. The van der Waals surface area contributed by atoms with Crippen LogP contribution in [0.2, 0.25) is 0 Å². The van der Waals surface area contributed by atoms with Crippen LogP contribution in [0.15, 0.2) is 48.5 Å². The van der Waals surface area contributed by atoms with Crippen LogP contribution in [0.1, 0.15) is 10.6 Å². The molecule has 0 saturated heterocycles.